The number of hydrogen-bond donors (Lipinski definition) is 2. The molecule has 40 heavy (non-hydrogen) atoms. The van der Waals surface area contributed by atoms with E-state index in [9.17, 15) is 19.2 Å². The second-order valence-electron chi connectivity index (χ2n) is 10.1. The lowest BCUT2D eigenvalue weighted by molar-refractivity contribution is -0.145. The predicted octanol–water partition coefficient (Wildman–Crippen LogP) is 2.16. The number of rotatable bonds is 8. The summed E-state index contributed by atoms with van der Waals surface area (Å²) in [5.74, 6) is -0.753. The van der Waals surface area contributed by atoms with Gasteiger partial charge in [-0.3, -0.25) is 14.6 Å². The molecule has 0 radical (unpaired) electrons. The van der Waals surface area contributed by atoms with Crippen molar-refractivity contribution in [2.75, 3.05) is 33.9 Å². The largest absolute Gasteiger partial charge is 0.497 e. The lowest BCUT2D eigenvalue weighted by Crippen LogP contribution is -2.65. The van der Waals surface area contributed by atoms with Crippen LogP contribution in [0.5, 0.6) is 5.75 Å². The number of nitrogens with zero attached hydrogens (tertiary/aromatic N) is 3. The molecular formula is C29H37N5O6. The van der Waals surface area contributed by atoms with Gasteiger partial charge in [0, 0.05) is 37.9 Å². The molecule has 1 saturated carbocycles. The zero-order valence-electron chi connectivity index (χ0n) is 23.0. The summed E-state index contributed by atoms with van der Waals surface area (Å²) in [6, 6.07) is 8.21. The van der Waals surface area contributed by atoms with Crippen molar-refractivity contribution in [1.29, 1.82) is 0 Å². The number of urea groups is 1. The van der Waals surface area contributed by atoms with E-state index in [0.29, 0.717) is 11.3 Å². The SMILES string of the molecule is COC(=O)[C@H](Cc1ccc(OC)cc1)NC(=O)[C@H]1CN(C(=O)c2cccnc2)CCN1C(=O)NC1CCCCC1. The summed E-state index contributed by atoms with van der Waals surface area (Å²) in [5, 5.41) is 5.86. The standard InChI is InChI=1S/C29H37N5O6/c1-39-23-12-10-20(11-13-23)17-24(28(37)40-2)32-26(35)25-19-33(27(36)21-7-6-14-30-18-21)15-16-34(25)29(38)31-22-8-4-3-5-9-22/h6-7,10-14,18,22,24-25H,3-5,8-9,15-17,19H2,1-2H3,(H,31,38)(H,32,35)/t24-,25+/m0/s1. The predicted molar refractivity (Wildman–Crippen MR) is 147 cm³/mol. The third-order valence-electron chi connectivity index (χ3n) is 7.47. The van der Waals surface area contributed by atoms with Crippen LogP contribution < -0.4 is 15.4 Å². The van der Waals surface area contributed by atoms with Crippen LogP contribution in [0.3, 0.4) is 0 Å². The fourth-order valence-electron chi connectivity index (χ4n) is 5.21. The maximum absolute atomic E-state index is 13.7. The van der Waals surface area contributed by atoms with Crippen LogP contribution in [0.2, 0.25) is 0 Å². The van der Waals surface area contributed by atoms with Crippen LogP contribution in [-0.2, 0) is 20.7 Å². The summed E-state index contributed by atoms with van der Waals surface area (Å²) < 4.78 is 10.2. The summed E-state index contributed by atoms with van der Waals surface area (Å²) in [6.07, 6.45) is 8.28. The Balaban J connectivity index is 1.52. The second-order valence-corrected chi connectivity index (χ2v) is 10.1. The number of nitrogens with one attached hydrogen (secondary N) is 2. The molecule has 1 saturated heterocycles. The molecule has 11 nitrogen and oxygen atoms in total. The normalized spacial score (nSPS) is 18.4. The fourth-order valence-corrected chi connectivity index (χ4v) is 5.21. The summed E-state index contributed by atoms with van der Waals surface area (Å²) in [4.78, 5) is 60.0. The minimum Gasteiger partial charge on any atom is -0.497 e. The van der Waals surface area contributed by atoms with Crippen LogP contribution in [0.25, 0.3) is 0 Å². The van der Waals surface area contributed by atoms with Crippen molar-refractivity contribution in [2.24, 2.45) is 0 Å². The van der Waals surface area contributed by atoms with E-state index in [1.54, 1.807) is 54.6 Å². The van der Waals surface area contributed by atoms with E-state index in [2.05, 4.69) is 15.6 Å². The van der Waals surface area contributed by atoms with Crippen molar-refractivity contribution in [3.05, 3.63) is 59.9 Å². The first-order valence-electron chi connectivity index (χ1n) is 13.7. The number of carbonyl (C=O) groups excluding carboxylic acids is 4. The number of carbonyl (C=O) groups is 4. The molecule has 2 N–H and O–H groups in total. The van der Waals surface area contributed by atoms with Gasteiger partial charge in [-0.15, -0.1) is 0 Å². The van der Waals surface area contributed by atoms with Gasteiger partial charge < -0.3 is 29.9 Å². The van der Waals surface area contributed by atoms with Gasteiger partial charge in [0.25, 0.3) is 5.91 Å². The molecule has 214 valence electrons. The van der Waals surface area contributed by atoms with E-state index in [1.165, 1.54) is 18.2 Å². The first kappa shape index (κ1) is 28.8. The van der Waals surface area contributed by atoms with Crippen LogP contribution in [-0.4, -0.2) is 90.6 Å². The van der Waals surface area contributed by atoms with Gasteiger partial charge in [0.1, 0.15) is 17.8 Å². The Labute approximate surface area is 234 Å². The third kappa shape index (κ3) is 7.28. The van der Waals surface area contributed by atoms with E-state index < -0.39 is 24.0 Å². The quantitative estimate of drug-likeness (QED) is 0.481. The zero-order chi connectivity index (χ0) is 28.5. The lowest BCUT2D eigenvalue weighted by atomic mass is 9.95. The Bertz CT molecular complexity index is 1170. The van der Waals surface area contributed by atoms with Crippen LogP contribution >= 0.6 is 0 Å². The number of amides is 4. The third-order valence-corrected chi connectivity index (χ3v) is 7.47. The van der Waals surface area contributed by atoms with Crippen molar-refractivity contribution in [3.63, 3.8) is 0 Å². The Kier molecular flexibility index (Phi) is 9.93. The van der Waals surface area contributed by atoms with Crippen LogP contribution in [0.1, 0.15) is 48.0 Å². The van der Waals surface area contributed by atoms with Crippen molar-refractivity contribution >= 4 is 23.8 Å². The molecule has 4 rings (SSSR count). The molecular weight excluding hydrogens is 514 g/mol. The molecule has 1 aromatic carbocycles. The van der Waals surface area contributed by atoms with Gasteiger partial charge in [0.15, 0.2) is 0 Å². The van der Waals surface area contributed by atoms with Gasteiger partial charge in [-0.05, 0) is 42.7 Å². The minimum absolute atomic E-state index is 0.0198. The smallest absolute Gasteiger partial charge is 0.328 e. The second kappa shape index (κ2) is 13.8. The Morgan fingerprint density at radius 2 is 1.77 bits per heavy atom. The molecule has 11 heteroatoms. The van der Waals surface area contributed by atoms with Crippen molar-refractivity contribution in [2.45, 2.75) is 56.7 Å². The lowest BCUT2D eigenvalue weighted by Gasteiger charge is -2.41. The van der Waals surface area contributed by atoms with Gasteiger partial charge in [-0.2, -0.15) is 0 Å². The number of aromatic nitrogens is 1. The maximum atomic E-state index is 13.7. The van der Waals surface area contributed by atoms with E-state index in [-0.39, 0.29) is 44.0 Å². The monoisotopic (exact) mass is 551 g/mol. The maximum Gasteiger partial charge on any atom is 0.328 e. The van der Waals surface area contributed by atoms with Crippen molar-refractivity contribution in [1.82, 2.24) is 25.4 Å². The fraction of sp³-hybridized carbons (Fsp3) is 0.483. The first-order chi connectivity index (χ1) is 19.4. The highest BCUT2D eigenvalue weighted by Gasteiger charge is 2.39. The van der Waals surface area contributed by atoms with Gasteiger partial charge in [-0.25, -0.2) is 9.59 Å². The molecule has 1 aliphatic heterocycles. The summed E-state index contributed by atoms with van der Waals surface area (Å²) in [5.41, 5.74) is 1.19. The van der Waals surface area contributed by atoms with Gasteiger partial charge in [0.2, 0.25) is 5.91 Å². The first-order valence-corrected chi connectivity index (χ1v) is 13.7. The van der Waals surface area contributed by atoms with E-state index in [0.717, 1.165) is 37.7 Å². The average molecular weight is 552 g/mol. The number of methoxy groups -OCH3 is 2. The number of piperazine rings is 1. The summed E-state index contributed by atoms with van der Waals surface area (Å²) in [6.45, 7) is 0.417. The van der Waals surface area contributed by atoms with Gasteiger partial charge in [-0.1, -0.05) is 31.4 Å². The van der Waals surface area contributed by atoms with E-state index in [4.69, 9.17) is 9.47 Å². The molecule has 2 heterocycles. The Morgan fingerprint density at radius 3 is 2.42 bits per heavy atom. The molecule has 0 unspecified atom stereocenters. The average Bonchev–Trinajstić information content (AvgIpc) is 3.00. The highest BCUT2D eigenvalue weighted by atomic mass is 16.5. The molecule has 2 aromatic rings. The number of ether oxygens (including phenoxy) is 2. The number of benzene rings is 1. The Morgan fingerprint density at radius 1 is 1.02 bits per heavy atom. The van der Waals surface area contributed by atoms with Crippen LogP contribution in [0.4, 0.5) is 4.79 Å². The van der Waals surface area contributed by atoms with E-state index >= 15 is 0 Å². The van der Waals surface area contributed by atoms with Crippen LogP contribution in [0.15, 0.2) is 48.8 Å². The highest BCUT2D eigenvalue weighted by Crippen LogP contribution is 2.20. The highest BCUT2D eigenvalue weighted by molar-refractivity contribution is 5.96. The molecule has 2 atom stereocenters. The molecule has 1 aromatic heterocycles. The van der Waals surface area contributed by atoms with E-state index in [1.807, 2.05) is 0 Å². The number of pyridine rings is 1. The summed E-state index contributed by atoms with van der Waals surface area (Å²) in [7, 11) is 2.82. The molecule has 0 spiro atoms. The molecule has 4 amide bonds. The van der Waals surface area contributed by atoms with Crippen molar-refractivity contribution < 1.29 is 28.7 Å². The molecule has 1 aliphatic carbocycles. The number of hydrogen-bond acceptors (Lipinski definition) is 7. The minimum atomic E-state index is -0.999. The molecule has 2 fully saturated rings. The van der Waals surface area contributed by atoms with Crippen molar-refractivity contribution in [3.8, 4) is 5.75 Å². The van der Waals surface area contributed by atoms with Crippen LogP contribution in [0, 0.1) is 0 Å². The van der Waals surface area contributed by atoms with Gasteiger partial charge in [0.05, 0.1) is 26.3 Å². The number of esters is 1. The summed E-state index contributed by atoms with van der Waals surface area (Å²) >= 11 is 0. The molecule has 2 aliphatic rings. The topological polar surface area (TPSA) is 130 Å². The van der Waals surface area contributed by atoms with Gasteiger partial charge >= 0.3 is 12.0 Å². The zero-order valence-corrected chi connectivity index (χ0v) is 23.0. The Hall–Kier alpha value is -4.15. The molecule has 0 bridgehead atoms.